The summed E-state index contributed by atoms with van der Waals surface area (Å²) in [5.74, 6) is 0. The van der Waals surface area contributed by atoms with Crippen LogP contribution in [0.2, 0.25) is 0 Å². The van der Waals surface area contributed by atoms with E-state index in [1.54, 1.807) is 11.3 Å². The van der Waals surface area contributed by atoms with Gasteiger partial charge in [0.05, 0.1) is 5.69 Å². The van der Waals surface area contributed by atoms with Gasteiger partial charge in [-0.1, -0.05) is 12.2 Å². The van der Waals surface area contributed by atoms with E-state index in [2.05, 4.69) is 28.9 Å². The van der Waals surface area contributed by atoms with Crippen molar-refractivity contribution in [1.29, 1.82) is 0 Å². The first-order valence-electron chi connectivity index (χ1n) is 4.58. The number of hydrogen-bond acceptors (Lipinski definition) is 4. The standard InChI is InChI=1S/C10H17N3S/c1-8(2)5-13(3)6-9-7-14-10(4-11)12-9/h7H,1,4-6,11H2,2-3H3. The SMILES string of the molecule is C=C(C)CN(C)Cc1csc(CN)n1. The van der Waals surface area contributed by atoms with Crippen LogP contribution in [0.1, 0.15) is 17.6 Å². The lowest BCUT2D eigenvalue weighted by atomic mass is 10.3. The summed E-state index contributed by atoms with van der Waals surface area (Å²) in [6.07, 6.45) is 0. The average Bonchev–Trinajstić information content (AvgIpc) is 2.50. The fourth-order valence-electron chi connectivity index (χ4n) is 1.31. The van der Waals surface area contributed by atoms with Crippen LogP contribution < -0.4 is 5.73 Å². The lowest BCUT2D eigenvalue weighted by molar-refractivity contribution is 0.351. The second-order valence-electron chi connectivity index (χ2n) is 3.57. The van der Waals surface area contributed by atoms with E-state index in [0.29, 0.717) is 6.54 Å². The Labute approximate surface area is 89.3 Å². The van der Waals surface area contributed by atoms with Gasteiger partial charge in [-0.3, -0.25) is 4.90 Å². The molecule has 0 aromatic carbocycles. The van der Waals surface area contributed by atoms with Crippen LogP contribution in [-0.2, 0) is 13.1 Å². The molecule has 0 bridgehead atoms. The Morgan fingerprint density at radius 1 is 1.71 bits per heavy atom. The highest BCUT2D eigenvalue weighted by Crippen LogP contribution is 2.10. The maximum atomic E-state index is 5.49. The molecule has 0 aliphatic rings. The number of likely N-dealkylation sites (N-methyl/N-ethyl adjacent to an activating group) is 1. The normalized spacial score (nSPS) is 10.9. The molecule has 1 rings (SSSR count). The molecule has 4 heteroatoms. The van der Waals surface area contributed by atoms with Gasteiger partial charge in [-0.05, 0) is 14.0 Å². The molecule has 0 spiro atoms. The second kappa shape index (κ2) is 5.24. The smallest absolute Gasteiger partial charge is 0.106 e. The third-order valence-electron chi connectivity index (χ3n) is 1.75. The Kier molecular flexibility index (Phi) is 4.25. The van der Waals surface area contributed by atoms with Crippen LogP contribution in [0, 0.1) is 0 Å². The number of thiazole rings is 1. The fraction of sp³-hybridized carbons (Fsp3) is 0.500. The molecule has 78 valence electrons. The van der Waals surface area contributed by atoms with E-state index in [1.165, 1.54) is 5.57 Å². The maximum Gasteiger partial charge on any atom is 0.106 e. The first-order chi connectivity index (χ1) is 6.61. The van der Waals surface area contributed by atoms with Gasteiger partial charge in [0.1, 0.15) is 5.01 Å². The molecule has 0 amide bonds. The quantitative estimate of drug-likeness (QED) is 0.752. The van der Waals surface area contributed by atoms with E-state index in [0.717, 1.165) is 23.8 Å². The van der Waals surface area contributed by atoms with Crippen molar-refractivity contribution in [2.24, 2.45) is 5.73 Å². The Morgan fingerprint density at radius 2 is 2.43 bits per heavy atom. The largest absolute Gasteiger partial charge is 0.325 e. The van der Waals surface area contributed by atoms with Crippen LogP contribution in [0.3, 0.4) is 0 Å². The van der Waals surface area contributed by atoms with Crippen molar-refractivity contribution in [3.05, 3.63) is 28.2 Å². The Hall–Kier alpha value is -0.710. The molecule has 1 aromatic rings. The molecule has 1 aromatic heterocycles. The van der Waals surface area contributed by atoms with Crippen LogP contribution in [0.5, 0.6) is 0 Å². The summed E-state index contributed by atoms with van der Waals surface area (Å²) >= 11 is 1.63. The van der Waals surface area contributed by atoms with E-state index < -0.39 is 0 Å². The molecule has 0 aliphatic carbocycles. The molecule has 0 unspecified atom stereocenters. The number of hydrogen-bond donors (Lipinski definition) is 1. The van der Waals surface area contributed by atoms with Crippen molar-refractivity contribution in [1.82, 2.24) is 9.88 Å². The highest BCUT2D eigenvalue weighted by atomic mass is 32.1. The predicted molar refractivity (Wildman–Crippen MR) is 61.2 cm³/mol. The Balaban J connectivity index is 2.47. The van der Waals surface area contributed by atoms with Crippen LogP contribution >= 0.6 is 11.3 Å². The number of aromatic nitrogens is 1. The Morgan fingerprint density at radius 3 is 2.93 bits per heavy atom. The molecule has 0 aliphatic heterocycles. The first-order valence-corrected chi connectivity index (χ1v) is 5.46. The number of nitrogens with two attached hydrogens (primary N) is 1. The summed E-state index contributed by atoms with van der Waals surface area (Å²) in [6.45, 7) is 8.22. The van der Waals surface area contributed by atoms with Crippen molar-refractivity contribution >= 4 is 11.3 Å². The van der Waals surface area contributed by atoms with E-state index in [4.69, 9.17) is 5.73 Å². The lowest BCUT2D eigenvalue weighted by Gasteiger charge is -2.14. The summed E-state index contributed by atoms with van der Waals surface area (Å²) in [4.78, 5) is 6.59. The second-order valence-corrected chi connectivity index (χ2v) is 4.51. The minimum Gasteiger partial charge on any atom is -0.325 e. The van der Waals surface area contributed by atoms with Gasteiger partial charge in [-0.2, -0.15) is 0 Å². The third-order valence-corrected chi connectivity index (χ3v) is 2.67. The van der Waals surface area contributed by atoms with Crippen LogP contribution in [0.25, 0.3) is 0 Å². The van der Waals surface area contributed by atoms with Gasteiger partial charge >= 0.3 is 0 Å². The molecular weight excluding hydrogens is 194 g/mol. The maximum absolute atomic E-state index is 5.49. The van der Waals surface area contributed by atoms with Crippen molar-refractivity contribution < 1.29 is 0 Å². The van der Waals surface area contributed by atoms with E-state index in [9.17, 15) is 0 Å². The molecule has 0 saturated carbocycles. The van der Waals surface area contributed by atoms with Gasteiger partial charge < -0.3 is 5.73 Å². The topological polar surface area (TPSA) is 42.1 Å². The zero-order valence-electron chi connectivity index (χ0n) is 8.79. The molecule has 0 radical (unpaired) electrons. The summed E-state index contributed by atoms with van der Waals surface area (Å²) in [6, 6.07) is 0. The zero-order chi connectivity index (χ0) is 10.6. The van der Waals surface area contributed by atoms with Crippen molar-refractivity contribution in [3.8, 4) is 0 Å². The Bertz CT molecular complexity index is 306. The van der Waals surface area contributed by atoms with Gasteiger partial charge in [-0.15, -0.1) is 11.3 Å². The van der Waals surface area contributed by atoms with E-state index in [-0.39, 0.29) is 0 Å². The van der Waals surface area contributed by atoms with Crippen LogP contribution in [-0.4, -0.2) is 23.5 Å². The van der Waals surface area contributed by atoms with Crippen molar-refractivity contribution in [2.75, 3.05) is 13.6 Å². The molecule has 1 heterocycles. The molecule has 0 atom stereocenters. The molecule has 0 saturated heterocycles. The van der Waals surface area contributed by atoms with Crippen LogP contribution in [0.4, 0.5) is 0 Å². The monoisotopic (exact) mass is 211 g/mol. The van der Waals surface area contributed by atoms with Gasteiger partial charge in [0.2, 0.25) is 0 Å². The van der Waals surface area contributed by atoms with Gasteiger partial charge in [0.15, 0.2) is 0 Å². The minimum absolute atomic E-state index is 0.537. The summed E-state index contributed by atoms with van der Waals surface area (Å²) in [5.41, 5.74) is 7.76. The van der Waals surface area contributed by atoms with E-state index in [1.807, 2.05) is 6.92 Å². The number of rotatable bonds is 5. The van der Waals surface area contributed by atoms with Gasteiger partial charge in [-0.25, -0.2) is 4.98 Å². The van der Waals surface area contributed by atoms with Crippen molar-refractivity contribution in [2.45, 2.75) is 20.0 Å². The molecular formula is C10H17N3S. The summed E-state index contributed by atoms with van der Waals surface area (Å²) < 4.78 is 0. The lowest BCUT2D eigenvalue weighted by Crippen LogP contribution is -2.19. The summed E-state index contributed by atoms with van der Waals surface area (Å²) in [5, 5.41) is 3.07. The molecule has 2 N–H and O–H groups in total. The first kappa shape index (κ1) is 11.4. The molecule has 0 fully saturated rings. The third kappa shape index (κ3) is 3.57. The van der Waals surface area contributed by atoms with Gasteiger partial charge in [0.25, 0.3) is 0 Å². The molecule has 14 heavy (non-hydrogen) atoms. The average molecular weight is 211 g/mol. The highest BCUT2D eigenvalue weighted by molar-refractivity contribution is 7.09. The predicted octanol–water partition coefficient (Wildman–Crippen LogP) is 1.61. The summed E-state index contributed by atoms with van der Waals surface area (Å²) in [7, 11) is 2.07. The highest BCUT2D eigenvalue weighted by Gasteiger charge is 2.04. The van der Waals surface area contributed by atoms with E-state index >= 15 is 0 Å². The number of nitrogens with zero attached hydrogens (tertiary/aromatic N) is 2. The minimum atomic E-state index is 0.537. The zero-order valence-corrected chi connectivity index (χ0v) is 9.60. The van der Waals surface area contributed by atoms with Crippen molar-refractivity contribution in [3.63, 3.8) is 0 Å². The fourth-order valence-corrected chi connectivity index (χ4v) is 1.97. The van der Waals surface area contributed by atoms with Gasteiger partial charge in [0, 0.05) is 25.0 Å². The van der Waals surface area contributed by atoms with Crippen LogP contribution in [0.15, 0.2) is 17.5 Å². The molecule has 3 nitrogen and oxygen atoms in total.